The molecule has 3 nitrogen and oxygen atoms in total. The van der Waals surface area contributed by atoms with Crippen LogP contribution < -0.4 is 15.0 Å². The molecule has 0 atom stereocenters. The summed E-state index contributed by atoms with van der Waals surface area (Å²) in [5, 5.41) is 3.14. The molecule has 0 unspecified atom stereocenters. The molecule has 3 heteroatoms. The van der Waals surface area contributed by atoms with Crippen molar-refractivity contribution in [2.45, 2.75) is 20.0 Å². The van der Waals surface area contributed by atoms with Crippen LogP contribution in [0.3, 0.4) is 0 Å². The first-order valence-corrected chi connectivity index (χ1v) is 5.76. The first-order chi connectivity index (χ1) is 7.63. The SMILES string of the molecule is CNCCN(C)c1ccc(OC(C)C)cc1. The number of rotatable bonds is 6. The van der Waals surface area contributed by atoms with Crippen LogP contribution in [0.25, 0.3) is 0 Å². The summed E-state index contributed by atoms with van der Waals surface area (Å²) in [7, 11) is 4.06. The average Bonchev–Trinajstić information content (AvgIpc) is 2.26. The third kappa shape index (κ3) is 4.11. The van der Waals surface area contributed by atoms with Crippen molar-refractivity contribution < 1.29 is 4.74 Å². The molecular formula is C13H22N2O. The number of nitrogens with one attached hydrogen (secondary N) is 1. The molecule has 1 rings (SSSR count). The maximum atomic E-state index is 5.60. The van der Waals surface area contributed by atoms with Crippen molar-refractivity contribution in [2.75, 3.05) is 32.1 Å². The Morgan fingerprint density at radius 1 is 1.25 bits per heavy atom. The average molecular weight is 222 g/mol. The van der Waals surface area contributed by atoms with Crippen LogP contribution in [0.5, 0.6) is 5.75 Å². The zero-order valence-corrected chi connectivity index (χ0v) is 10.7. The smallest absolute Gasteiger partial charge is 0.119 e. The molecule has 0 bridgehead atoms. The highest BCUT2D eigenvalue weighted by atomic mass is 16.5. The Bertz CT molecular complexity index is 295. The fourth-order valence-electron chi connectivity index (χ4n) is 1.46. The van der Waals surface area contributed by atoms with Crippen LogP contribution in [-0.4, -0.2) is 33.3 Å². The zero-order chi connectivity index (χ0) is 12.0. The summed E-state index contributed by atoms with van der Waals surface area (Å²) < 4.78 is 5.60. The minimum Gasteiger partial charge on any atom is -0.491 e. The van der Waals surface area contributed by atoms with Gasteiger partial charge in [0.25, 0.3) is 0 Å². The number of hydrogen-bond acceptors (Lipinski definition) is 3. The van der Waals surface area contributed by atoms with Crippen LogP contribution in [0.2, 0.25) is 0 Å². The molecule has 0 amide bonds. The number of nitrogens with zero attached hydrogens (tertiary/aromatic N) is 1. The van der Waals surface area contributed by atoms with E-state index in [4.69, 9.17) is 4.74 Å². The fraction of sp³-hybridized carbons (Fsp3) is 0.538. The molecule has 0 fully saturated rings. The van der Waals surface area contributed by atoms with E-state index in [1.807, 2.05) is 33.0 Å². The van der Waals surface area contributed by atoms with E-state index in [0.29, 0.717) is 0 Å². The second kappa shape index (κ2) is 6.38. The Kier molecular flexibility index (Phi) is 5.12. The fourth-order valence-corrected chi connectivity index (χ4v) is 1.46. The lowest BCUT2D eigenvalue weighted by atomic mass is 10.2. The van der Waals surface area contributed by atoms with E-state index in [9.17, 15) is 0 Å². The second-order valence-corrected chi connectivity index (χ2v) is 4.19. The summed E-state index contributed by atoms with van der Waals surface area (Å²) in [6.45, 7) is 6.06. The molecule has 1 N–H and O–H groups in total. The predicted octanol–water partition coefficient (Wildman–Crippen LogP) is 2.13. The number of anilines is 1. The van der Waals surface area contributed by atoms with Gasteiger partial charge in [-0.05, 0) is 45.2 Å². The molecule has 0 saturated carbocycles. The van der Waals surface area contributed by atoms with E-state index in [2.05, 4.69) is 29.4 Å². The third-order valence-electron chi connectivity index (χ3n) is 2.35. The molecule has 0 aromatic heterocycles. The summed E-state index contributed by atoms with van der Waals surface area (Å²) in [6.07, 6.45) is 0.230. The minimum absolute atomic E-state index is 0.230. The molecule has 0 heterocycles. The van der Waals surface area contributed by atoms with Gasteiger partial charge < -0.3 is 15.0 Å². The highest BCUT2D eigenvalue weighted by molar-refractivity contribution is 5.48. The molecule has 0 spiro atoms. The zero-order valence-electron chi connectivity index (χ0n) is 10.7. The van der Waals surface area contributed by atoms with Crippen molar-refractivity contribution in [1.29, 1.82) is 0 Å². The van der Waals surface area contributed by atoms with Gasteiger partial charge in [-0.25, -0.2) is 0 Å². The van der Waals surface area contributed by atoms with E-state index < -0.39 is 0 Å². The van der Waals surface area contributed by atoms with E-state index in [0.717, 1.165) is 18.8 Å². The number of hydrogen-bond donors (Lipinski definition) is 1. The standard InChI is InChI=1S/C13H22N2O/c1-11(2)16-13-7-5-12(6-8-13)15(4)10-9-14-3/h5-8,11,14H,9-10H2,1-4H3. The number of ether oxygens (including phenoxy) is 1. The van der Waals surface area contributed by atoms with Crippen LogP contribution in [0, 0.1) is 0 Å². The normalized spacial score (nSPS) is 10.6. The topological polar surface area (TPSA) is 24.5 Å². The van der Waals surface area contributed by atoms with Crippen LogP contribution in [0.1, 0.15) is 13.8 Å². The Morgan fingerprint density at radius 2 is 1.88 bits per heavy atom. The first kappa shape index (κ1) is 12.8. The van der Waals surface area contributed by atoms with Gasteiger partial charge in [0.05, 0.1) is 6.10 Å². The first-order valence-electron chi connectivity index (χ1n) is 5.76. The molecule has 1 aromatic carbocycles. The molecule has 0 radical (unpaired) electrons. The van der Waals surface area contributed by atoms with E-state index >= 15 is 0 Å². The van der Waals surface area contributed by atoms with Crippen molar-refractivity contribution in [3.05, 3.63) is 24.3 Å². The lowest BCUT2D eigenvalue weighted by molar-refractivity contribution is 0.242. The summed E-state index contributed by atoms with van der Waals surface area (Å²) >= 11 is 0. The van der Waals surface area contributed by atoms with Gasteiger partial charge in [-0.3, -0.25) is 0 Å². The predicted molar refractivity (Wildman–Crippen MR) is 69.4 cm³/mol. The summed E-state index contributed by atoms with van der Waals surface area (Å²) in [5.74, 6) is 0.931. The van der Waals surface area contributed by atoms with Gasteiger partial charge >= 0.3 is 0 Å². The molecule has 90 valence electrons. The Labute approximate surface area is 98.4 Å². The highest BCUT2D eigenvalue weighted by Crippen LogP contribution is 2.19. The largest absolute Gasteiger partial charge is 0.491 e. The van der Waals surface area contributed by atoms with E-state index in [1.165, 1.54) is 5.69 Å². The molecular weight excluding hydrogens is 200 g/mol. The maximum absolute atomic E-state index is 5.60. The van der Waals surface area contributed by atoms with Crippen LogP contribution in [0.4, 0.5) is 5.69 Å². The van der Waals surface area contributed by atoms with Gasteiger partial charge in [0, 0.05) is 25.8 Å². The quantitative estimate of drug-likeness (QED) is 0.798. The molecule has 0 aliphatic rings. The van der Waals surface area contributed by atoms with Crippen molar-refractivity contribution in [3.63, 3.8) is 0 Å². The summed E-state index contributed by atoms with van der Waals surface area (Å²) in [6, 6.07) is 8.22. The van der Waals surface area contributed by atoms with Crippen molar-refractivity contribution in [3.8, 4) is 5.75 Å². The monoisotopic (exact) mass is 222 g/mol. The number of benzene rings is 1. The van der Waals surface area contributed by atoms with Crippen molar-refractivity contribution in [2.24, 2.45) is 0 Å². The van der Waals surface area contributed by atoms with Gasteiger partial charge in [-0.2, -0.15) is 0 Å². The van der Waals surface area contributed by atoms with Crippen molar-refractivity contribution in [1.82, 2.24) is 5.32 Å². The molecule has 16 heavy (non-hydrogen) atoms. The highest BCUT2D eigenvalue weighted by Gasteiger charge is 2.01. The van der Waals surface area contributed by atoms with Crippen LogP contribution >= 0.6 is 0 Å². The summed E-state index contributed by atoms with van der Waals surface area (Å²) in [4.78, 5) is 2.22. The molecule has 1 aromatic rings. The van der Waals surface area contributed by atoms with Crippen LogP contribution in [-0.2, 0) is 0 Å². The van der Waals surface area contributed by atoms with Crippen LogP contribution in [0.15, 0.2) is 24.3 Å². The lowest BCUT2D eigenvalue weighted by Gasteiger charge is -2.19. The van der Waals surface area contributed by atoms with Gasteiger partial charge in [-0.1, -0.05) is 0 Å². The van der Waals surface area contributed by atoms with Crippen molar-refractivity contribution >= 4 is 5.69 Å². The van der Waals surface area contributed by atoms with Gasteiger partial charge in [0.2, 0.25) is 0 Å². The minimum atomic E-state index is 0.230. The Balaban J connectivity index is 2.56. The summed E-state index contributed by atoms with van der Waals surface area (Å²) in [5.41, 5.74) is 1.21. The van der Waals surface area contributed by atoms with Gasteiger partial charge in [0.1, 0.15) is 5.75 Å². The Hall–Kier alpha value is -1.22. The van der Waals surface area contributed by atoms with E-state index in [-0.39, 0.29) is 6.10 Å². The maximum Gasteiger partial charge on any atom is 0.119 e. The molecule has 0 saturated heterocycles. The van der Waals surface area contributed by atoms with E-state index in [1.54, 1.807) is 0 Å². The Morgan fingerprint density at radius 3 is 2.38 bits per heavy atom. The van der Waals surface area contributed by atoms with Gasteiger partial charge in [0.15, 0.2) is 0 Å². The molecule has 0 aliphatic carbocycles. The van der Waals surface area contributed by atoms with Gasteiger partial charge in [-0.15, -0.1) is 0 Å². The third-order valence-corrected chi connectivity index (χ3v) is 2.35. The lowest BCUT2D eigenvalue weighted by Crippen LogP contribution is -2.26. The molecule has 0 aliphatic heterocycles. The second-order valence-electron chi connectivity index (χ2n) is 4.19. The number of likely N-dealkylation sites (N-methyl/N-ethyl adjacent to an activating group) is 2.